The monoisotopic (exact) mass is 299 g/mol. The molecule has 0 aromatic carbocycles. The first kappa shape index (κ1) is 16.0. The summed E-state index contributed by atoms with van der Waals surface area (Å²) in [7, 11) is 1.53. The van der Waals surface area contributed by atoms with Gasteiger partial charge in [0.1, 0.15) is 6.54 Å². The maximum atomic E-state index is 12.2. The molecule has 7 nitrogen and oxygen atoms in total. The van der Waals surface area contributed by atoms with E-state index in [0.717, 1.165) is 19.4 Å². The second-order valence-corrected chi connectivity index (χ2v) is 5.81. The first-order valence-corrected chi connectivity index (χ1v) is 7.60. The maximum Gasteiger partial charge on any atom is 0.323 e. The molecule has 0 aromatic heterocycles. The fraction of sp³-hybridized carbons (Fsp3) is 0.857. The zero-order valence-electron chi connectivity index (χ0n) is 12.6. The van der Waals surface area contributed by atoms with Gasteiger partial charge in [0.05, 0.1) is 6.61 Å². The Morgan fingerprint density at radius 2 is 2.19 bits per heavy atom. The van der Waals surface area contributed by atoms with E-state index in [4.69, 9.17) is 9.84 Å². The zero-order chi connectivity index (χ0) is 15.2. The van der Waals surface area contributed by atoms with Crippen LogP contribution in [0.4, 0.5) is 4.79 Å². The molecule has 2 unspecified atom stereocenters. The first-order chi connectivity index (χ1) is 10.1. The summed E-state index contributed by atoms with van der Waals surface area (Å²) >= 11 is 0. The van der Waals surface area contributed by atoms with E-state index in [0.29, 0.717) is 12.6 Å². The number of carboxylic acids is 1. The number of urea groups is 1. The van der Waals surface area contributed by atoms with Crippen LogP contribution in [0.3, 0.4) is 0 Å². The Kier molecular flexibility index (Phi) is 5.81. The first-order valence-electron chi connectivity index (χ1n) is 7.60. The van der Waals surface area contributed by atoms with Crippen molar-refractivity contribution in [2.24, 2.45) is 0 Å². The van der Waals surface area contributed by atoms with Crippen molar-refractivity contribution in [2.75, 3.05) is 39.9 Å². The quantitative estimate of drug-likeness (QED) is 0.740. The summed E-state index contributed by atoms with van der Waals surface area (Å²) in [6.45, 7) is 2.52. The zero-order valence-corrected chi connectivity index (χ0v) is 12.6. The van der Waals surface area contributed by atoms with Crippen molar-refractivity contribution in [3.8, 4) is 0 Å². The van der Waals surface area contributed by atoms with E-state index in [9.17, 15) is 9.59 Å². The summed E-state index contributed by atoms with van der Waals surface area (Å²) in [5.41, 5.74) is 0. The number of methoxy groups -OCH3 is 1. The normalized spacial score (nSPS) is 25.4. The second kappa shape index (κ2) is 7.61. The third-order valence-corrected chi connectivity index (χ3v) is 4.33. The number of aliphatic carboxylic acids is 1. The highest BCUT2D eigenvalue weighted by atomic mass is 16.5. The van der Waals surface area contributed by atoms with Crippen LogP contribution in [0.15, 0.2) is 0 Å². The average Bonchev–Trinajstić information content (AvgIpc) is 2.90. The third kappa shape index (κ3) is 4.57. The van der Waals surface area contributed by atoms with Gasteiger partial charge in [-0.15, -0.1) is 0 Å². The predicted molar refractivity (Wildman–Crippen MR) is 77.2 cm³/mol. The minimum atomic E-state index is -1.01. The number of fused-ring (bicyclic) bond motifs is 1. The number of nitrogens with zero attached hydrogens (tertiary/aromatic N) is 2. The minimum absolute atomic E-state index is 0.149. The fourth-order valence-corrected chi connectivity index (χ4v) is 3.24. The standard InChI is InChI=1S/C14H25N3O4/c1-21-8-7-17(10-13(18)19)14(20)15-11-4-6-16-5-2-3-12(16)9-11/h11-12H,2-10H2,1H3,(H,15,20)(H,18,19). The Labute approximate surface area is 125 Å². The van der Waals surface area contributed by atoms with Gasteiger partial charge < -0.3 is 25.0 Å². The molecular weight excluding hydrogens is 274 g/mol. The highest BCUT2D eigenvalue weighted by Crippen LogP contribution is 2.26. The summed E-state index contributed by atoms with van der Waals surface area (Å²) < 4.78 is 4.93. The van der Waals surface area contributed by atoms with Gasteiger partial charge >= 0.3 is 12.0 Å². The Morgan fingerprint density at radius 3 is 2.90 bits per heavy atom. The summed E-state index contributed by atoms with van der Waals surface area (Å²) in [5, 5.41) is 11.9. The lowest BCUT2D eigenvalue weighted by atomic mass is 9.98. The number of rotatable bonds is 6. The number of nitrogens with one attached hydrogen (secondary N) is 1. The molecule has 0 saturated carbocycles. The number of carboxylic acid groups (broad SMARTS) is 1. The van der Waals surface area contributed by atoms with E-state index >= 15 is 0 Å². The van der Waals surface area contributed by atoms with E-state index in [2.05, 4.69) is 10.2 Å². The largest absolute Gasteiger partial charge is 0.480 e. The van der Waals surface area contributed by atoms with Crippen LogP contribution in [0.2, 0.25) is 0 Å². The molecule has 0 aliphatic carbocycles. The van der Waals surface area contributed by atoms with Crippen molar-refractivity contribution in [1.29, 1.82) is 0 Å². The Morgan fingerprint density at radius 1 is 1.38 bits per heavy atom. The molecule has 2 aliphatic rings. The number of carbonyl (C=O) groups is 2. The van der Waals surface area contributed by atoms with Crippen molar-refractivity contribution < 1.29 is 19.4 Å². The van der Waals surface area contributed by atoms with Crippen molar-refractivity contribution in [3.05, 3.63) is 0 Å². The van der Waals surface area contributed by atoms with E-state index in [1.165, 1.54) is 31.4 Å². The number of hydrogen-bond acceptors (Lipinski definition) is 4. The number of amides is 2. The third-order valence-electron chi connectivity index (χ3n) is 4.33. The summed E-state index contributed by atoms with van der Waals surface area (Å²) in [4.78, 5) is 26.9. The van der Waals surface area contributed by atoms with E-state index in [-0.39, 0.29) is 25.2 Å². The van der Waals surface area contributed by atoms with Crippen LogP contribution in [0.25, 0.3) is 0 Å². The Hall–Kier alpha value is -1.34. The molecule has 120 valence electrons. The summed E-state index contributed by atoms with van der Waals surface area (Å²) in [5.74, 6) is -1.01. The molecule has 2 rings (SSSR count). The highest BCUT2D eigenvalue weighted by Gasteiger charge is 2.32. The molecule has 2 fully saturated rings. The van der Waals surface area contributed by atoms with Crippen LogP contribution >= 0.6 is 0 Å². The lowest BCUT2D eigenvalue weighted by molar-refractivity contribution is -0.137. The van der Waals surface area contributed by atoms with Gasteiger partial charge in [-0.05, 0) is 32.2 Å². The molecule has 7 heteroatoms. The van der Waals surface area contributed by atoms with E-state index in [1.54, 1.807) is 0 Å². The molecule has 2 heterocycles. The van der Waals surface area contributed by atoms with Gasteiger partial charge in [0.15, 0.2) is 0 Å². The molecule has 0 spiro atoms. The van der Waals surface area contributed by atoms with Crippen molar-refractivity contribution in [1.82, 2.24) is 15.1 Å². The SMILES string of the molecule is COCCN(CC(=O)O)C(=O)NC1CCN2CCCC2C1. The van der Waals surface area contributed by atoms with Crippen LogP contribution in [0.5, 0.6) is 0 Å². The average molecular weight is 299 g/mol. The maximum absolute atomic E-state index is 12.2. The van der Waals surface area contributed by atoms with Gasteiger partial charge in [-0.2, -0.15) is 0 Å². The molecule has 2 amide bonds. The lowest BCUT2D eigenvalue weighted by Gasteiger charge is -2.36. The predicted octanol–water partition coefficient (Wildman–Crippen LogP) is 0.356. The van der Waals surface area contributed by atoms with Gasteiger partial charge in [0.2, 0.25) is 0 Å². The van der Waals surface area contributed by atoms with E-state index in [1.807, 2.05) is 0 Å². The van der Waals surface area contributed by atoms with Crippen LogP contribution in [-0.2, 0) is 9.53 Å². The molecule has 2 aliphatic heterocycles. The molecule has 0 aromatic rings. The Balaban J connectivity index is 1.83. The topological polar surface area (TPSA) is 82.1 Å². The minimum Gasteiger partial charge on any atom is -0.480 e. The summed E-state index contributed by atoms with van der Waals surface area (Å²) in [6, 6.07) is 0.428. The molecule has 21 heavy (non-hydrogen) atoms. The van der Waals surface area contributed by atoms with Crippen LogP contribution < -0.4 is 5.32 Å². The van der Waals surface area contributed by atoms with Crippen LogP contribution in [0, 0.1) is 0 Å². The van der Waals surface area contributed by atoms with Crippen LogP contribution in [-0.4, -0.2) is 78.9 Å². The number of hydrogen-bond donors (Lipinski definition) is 2. The van der Waals surface area contributed by atoms with Crippen molar-refractivity contribution in [3.63, 3.8) is 0 Å². The van der Waals surface area contributed by atoms with Crippen LogP contribution in [0.1, 0.15) is 25.7 Å². The second-order valence-electron chi connectivity index (χ2n) is 5.81. The van der Waals surface area contributed by atoms with E-state index < -0.39 is 5.97 Å². The molecule has 2 atom stereocenters. The fourth-order valence-electron chi connectivity index (χ4n) is 3.24. The van der Waals surface area contributed by atoms with Gasteiger partial charge in [0, 0.05) is 32.3 Å². The smallest absolute Gasteiger partial charge is 0.323 e. The van der Waals surface area contributed by atoms with Gasteiger partial charge in [-0.1, -0.05) is 0 Å². The molecular formula is C14H25N3O4. The molecule has 2 saturated heterocycles. The number of piperidine rings is 1. The lowest BCUT2D eigenvalue weighted by Crippen LogP contribution is -2.52. The molecule has 0 radical (unpaired) electrons. The van der Waals surface area contributed by atoms with Gasteiger partial charge in [-0.3, -0.25) is 4.79 Å². The van der Waals surface area contributed by atoms with Gasteiger partial charge in [-0.25, -0.2) is 4.79 Å². The summed E-state index contributed by atoms with van der Waals surface area (Å²) in [6.07, 6.45) is 4.35. The number of carbonyl (C=O) groups excluding carboxylic acids is 1. The Bertz CT molecular complexity index is 377. The van der Waals surface area contributed by atoms with Crippen molar-refractivity contribution >= 4 is 12.0 Å². The highest BCUT2D eigenvalue weighted by molar-refractivity contribution is 5.80. The molecule has 0 bridgehead atoms. The molecule has 2 N–H and O–H groups in total. The number of ether oxygens (including phenoxy) is 1. The van der Waals surface area contributed by atoms with Gasteiger partial charge in [0.25, 0.3) is 0 Å². The van der Waals surface area contributed by atoms with Crippen molar-refractivity contribution in [2.45, 2.75) is 37.8 Å².